The molecule has 7 rings (SSSR count). The van der Waals surface area contributed by atoms with Crippen LogP contribution in [0.5, 0.6) is 11.5 Å². The number of nitrogens with one attached hydrogen (secondary N) is 5. The van der Waals surface area contributed by atoms with Gasteiger partial charge in [-0.2, -0.15) is 0 Å². The zero-order valence-electron chi connectivity index (χ0n) is 34.7. The number of carbonyl (C=O) groups excluding carboxylic acids is 4. The van der Waals surface area contributed by atoms with Gasteiger partial charge in [0.2, 0.25) is 17.7 Å². The highest BCUT2D eigenvalue weighted by molar-refractivity contribution is 7.90. The van der Waals surface area contributed by atoms with Crippen LogP contribution in [0.2, 0.25) is 0 Å². The number of anilines is 2. The number of methoxy groups -OCH3 is 1. The molecule has 61 heavy (non-hydrogen) atoms. The first-order chi connectivity index (χ1) is 29.3. The van der Waals surface area contributed by atoms with Gasteiger partial charge in [-0.25, -0.2) is 23.1 Å². The Morgan fingerprint density at radius 1 is 1.05 bits per heavy atom. The second kappa shape index (κ2) is 18.5. The van der Waals surface area contributed by atoms with Gasteiger partial charge in [-0.15, -0.1) is 11.3 Å². The topological polar surface area (TPSA) is 210 Å². The van der Waals surface area contributed by atoms with Crippen molar-refractivity contribution in [2.45, 2.75) is 93.8 Å². The van der Waals surface area contributed by atoms with Gasteiger partial charge in [-0.05, 0) is 63.8 Å². The highest BCUT2D eigenvalue weighted by Gasteiger charge is 2.61. The fourth-order valence-corrected chi connectivity index (χ4v) is 9.83. The van der Waals surface area contributed by atoms with Crippen LogP contribution >= 0.6 is 11.3 Å². The number of pyridine rings is 1. The van der Waals surface area contributed by atoms with Crippen molar-refractivity contribution in [1.29, 1.82) is 0 Å². The van der Waals surface area contributed by atoms with Crippen molar-refractivity contribution in [1.82, 2.24) is 30.2 Å². The molecular formula is C43H52N8O8S2. The minimum absolute atomic E-state index is 0.000182. The number of para-hydroxylation sites is 1. The van der Waals surface area contributed by atoms with E-state index in [9.17, 15) is 27.6 Å². The Labute approximate surface area is 359 Å². The number of aromatic nitrogens is 2. The maximum atomic E-state index is 14.5. The monoisotopic (exact) mass is 872 g/mol. The number of amides is 4. The molecule has 2 aromatic carbocycles. The van der Waals surface area contributed by atoms with E-state index >= 15 is 0 Å². The Kier molecular flexibility index (Phi) is 13.1. The molecule has 0 radical (unpaired) electrons. The largest absolute Gasteiger partial charge is 0.497 e. The van der Waals surface area contributed by atoms with Crippen LogP contribution < -0.4 is 35.5 Å². The summed E-state index contributed by atoms with van der Waals surface area (Å²) >= 11 is 1.45. The lowest BCUT2D eigenvalue weighted by Gasteiger charge is -2.26. The fraction of sp³-hybridized carbons (Fsp3) is 0.442. The standard InChI is InChI=1S/C43H52N8O8S2/c1-26(2)46-42-48-34(25-60-42)33-22-36(30-16-15-28(58-4)20-32(30)47-33)59-29-21-35(51(24-29)39(53)18-17-38(52)44-3)40(54)49-43-23-27(43)12-8-6-5-7-11-19-45-31-13-9-10-14-37(31)61(56,57)50-41(43)55/h8-10,12-16,20,22,25-27,29,35,45H,5-7,11,17-19,21,23-24H2,1-4H3,(H,44,52)(H,46,48)(H,49,54)(H,50,55)/b12-8-/t27-,29+,35-,43+/m0/s1. The molecule has 5 N–H and O–H groups in total. The molecule has 2 aliphatic heterocycles. The molecule has 16 nitrogen and oxygen atoms in total. The summed E-state index contributed by atoms with van der Waals surface area (Å²) in [5, 5.41) is 15.2. The highest BCUT2D eigenvalue weighted by Crippen LogP contribution is 2.46. The van der Waals surface area contributed by atoms with Crippen LogP contribution in [0.3, 0.4) is 0 Å². The van der Waals surface area contributed by atoms with E-state index in [0.29, 0.717) is 46.0 Å². The third-order valence-corrected chi connectivity index (χ3v) is 13.2. The number of hydrogen-bond acceptors (Lipinski definition) is 13. The summed E-state index contributed by atoms with van der Waals surface area (Å²) in [6, 6.07) is 12.6. The van der Waals surface area contributed by atoms with Gasteiger partial charge in [0, 0.05) is 67.7 Å². The zero-order valence-corrected chi connectivity index (χ0v) is 36.3. The average molecular weight is 873 g/mol. The predicted octanol–water partition coefficient (Wildman–Crippen LogP) is 4.98. The molecule has 4 aromatic rings. The highest BCUT2D eigenvalue weighted by atomic mass is 32.2. The average Bonchev–Trinajstić information content (AvgIpc) is 3.50. The van der Waals surface area contributed by atoms with Crippen LogP contribution in [0.1, 0.15) is 65.2 Å². The number of ether oxygens (including phenoxy) is 2. The van der Waals surface area contributed by atoms with E-state index in [2.05, 4.69) is 26.0 Å². The van der Waals surface area contributed by atoms with Gasteiger partial charge in [-0.1, -0.05) is 30.7 Å². The molecule has 4 atom stereocenters. The van der Waals surface area contributed by atoms with Crippen molar-refractivity contribution in [3.05, 3.63) is 66.1 Å². The lowest BCUT2D eigenvalue weighted by Crippen LogP contribution is -2.56. The third kappa shape index (κ3) is 9.91. The number of likely N-dealkylation sites (tertiary alicyclic amines) is 1. The molecule has 2 aromatic heterocycles. The summed E-state index contributed by atoms with van der Waals surface area (Å²) in [5.74, 6) is -1.74. The van der Waals surface area contributed by atoms with E-state index in [-0.39, 0.29) is 49.1 Å². The van der Waals surface area contributed by atoms with E-state index in [4.69, 9.17) is 19.4 Å². The lowest BCUT2D eigenvalue weighted by atomic mass is 10.1. The molecule has 3 aliphatic rings. The molecule has 0 unspecified atom stereocenters. The van der Waals surface area contributed by atoms with Gasteiger partial charge in [0.15, 0.2) is 5.13 Å². The fourth-order valence-electron chi connectivity index (χ4n) is 7.76. The van der Waals surface area contributed by atoms with Crippen LogP contribution in [0.15, 0.2) is 71.0 Å². The molecule has 4 heterocycles. The molecule has 324 valence electrons. The molecule has 1 saturated carbocycles. The Bertz CT molecular complexity index is 2440. The second-order valence-corrected chi connectivity index (χ2v) is 18.4. The molecule has 2 fully saturated rings. The van der Waals surface area contributed by atoms with Crippen LogP contribution in [-0.2, 0) is 29.2 Å². The second-order valence-electron chi connectivity index (χ2n) is 15.8. The summed E-state index contributed by atoms with van der Waals surface area (Å²) < 4.78 is 42.0. The number of hydrogen-bond donors (Lipinski definition) is 5. The number of rotatable bonds is 11. The molecule has 1 aliphatic carbocycles. The first kappa shape index (κ1) is 43.3. The Hall–Kier alpha value is -5.75. The molecule has 1 saturated heterocycles. The number of allylic oxidation sites excluding steroid dienone is 1. The third-order valence-electron chi connectivity index (χ3n) is 11.1. The SMILES string of the molecule is CNC(=O)CCC(=O)N1C[C@H](Oc2cc(-c3csc(NC(C)C)n3)nc3cc(OC)ccc23)C[C@H]1C(=O)N[C@]12C[C@@H]1/C=C\CCCCCNc1ccccc1S(=O)(=O)NC2=O. The maximum absolute atomic E-state index is 14.5. The Morgan fingerprint density at radius 3 is 2.66 bits per heavy atom. The van der Waals surface area contributed by atoms with Crippen molar-refractivity contribution < 1.29 is 37.1 Å². The normalized spacial score (nSPS) is 22.9. The number of thiazole rings is 1. The van der Waals surface area contributed by atoms with Crippen molar-refractivity contribution >= 4 is 66.7 Å². The van der Waals surface area contributed by atoms with E-state index in [0.717, 1.165) is 30.8 Å². The van der Waals surface area contributed by atoms with E-state index < -0.39 is 51.3 Å². The van der Waals surface area contributed by atoms with Crippen molar-refractivity contribution in [3.63, 3.8) is 0 Å². The zero-order chi connectivity index (χ0) is 43.3. The molecule has 0 spiro atoms. The van der Waals surface area contributed by atoms with E-state index in [1.165, 1.54) is 29.4 Å². The van der Waals surface area contributed by atoms with Crippen molar-refractivity contribution in [2.75, 3.05) is 37.9 Å². The minimum atomic E-state index is -4.36. The van der Waals surface area contributed by atoms with Gasteiger partial charge >= 0.3 is 0 Å². The summed E-state index contributed by atoms with van der Waals surface area (Å²) in [6.07, 6.45) is 6.46. The van der Waals surface area contributed by atoms with E-state index in [1.807, 2.05) is 37.4 Å². The van der Waals surface area contributed by atoms with Gasteiger partial charge in [-0.3, -0.25) is 19.2 Å². The number of fused-ring (bicyclic) bond motifs is 3. The number of carbonyl (C=O) groups is 4. The van der Waals surface area contributed by atoms with Gasteiger partial charge < -0.3 is 35.6 Å². The smallest absolute Gasteiger partial charge is 0.266 e. The van der Waals surface area contributed by atoms with Crippen molar-refractivity contribution in [3.8, 4) is 22.9 Å². The van der Waals surface area contributed by atoms with Gasteiger partial charge in [0.05, 0.1) is 30.6 Å². The summed E-state index contributed by atoms with van der Waals surface area (Å²) in [6.45, 7) is 4.61. The number of benzene rings is 2. The summed E-state index contributed by atoms with van der Waals surface area (Å²) in [4.78, 5) is 65.7. The maximum Gasteiger partial charge on any atom is 0.266 e. The molecular weight excluding hydrogens is 821 g/mol. The molecule has 4 amide bonds. The number of sulfonamides is 1. The molecule has 18 heteroatoms. The Balaban J connectivity index is 1.18. The summed E-state index contributed by atoms with van der Waals surface area (Å²) in [5.41, 5.74) is 0.538. The minimum Gasteiger partial charge on any atom is -0.497 e. The predicted molar refractivity (Wildman–Crippen MR) is 233 cm³/mol. The Morgan fingerprint density at radius 2 is 1.87 bits per heavy atom. The van der Waals surface area contributed by atoms with Crippen LogP contribution in [-0.4, -0.2) is 97.9 Å². The number of nitrogens with zero attached hydrogens (tertiary/aromatic N) is 3. The first-order valence-electron chi connectivity index (χ1n) is 20.6. The van der Waals surface area contributed by atoms with Gasteiger partial charge in [0.25, 0.3) is 15.9 Å². The van der Waals surface area contributed by atoms with Gasteiger partial charge in [0.1, 0.15) is 39.8 Å². The van der Waals surface area contributed by atoms with Crippen LogP contribution in [0.4, 0.5) is 10.8 Å². The van der Waals surface area contributed by atoms with E-state index in [1.54, 1.807) is 43.5 Å². The lowest BCUT2D eigenvalue weighted by molar-refractivity contribution is -0.140. The van der Waals surface area contributed by atoms with Crippen molar-refractivity contribution in [2.24, 2.45) is 5.92 Å². The van der Waals surface area contributed by atoms with Crippen LogP contribution in [0, 0.1) is 5.92 Å². The first-order valence-corrected chi connectivity index (χ1v) is 22.9. The van der Waals surface area contributed by atoms with Crippen LogP contribution in [0.25, 0.3) is 22.3 Å². The quantitative estimate of drug-likeness (QED) is 0.126. The summed E-state index contributed by atoms with van der Waals surface area (Å²) in [7, 11) is -1.32. The molecule has 0 bridgehead atoms.